The van der Waals surface area contributed by atoms with Gasteiger partial charge in [0.15, 0.2) is 0 Å². The fourth-order valence-corrected chi connectivity index (χ4v) is 2.15. The SMILES string of the molecule is CC(C)n1c(Br)cnc1Oc1ccc(O)cc1. The van der Waals surface area contributed by atoms with E-state index in [1.54, 1.807) is 30.5 Å². The topological polar surface area (TPSA) is 47.3 Å². The van der Waals surface area contributed by atoms with Gasteiger partial charge in [0.1, 0.15) is 16.1 Å². The number of benzene rings is 1. The lowest BCUT2D eigenvalue weighted by molar-refractivity contribution is 0.392. The van der Waals surface area contributed by atoms with Crippen LogP contribution in [0.4, 0.5) is 0 Å². The predicted molar refractivity (Wildman–Crippen MR) is 68.5 cm³/mol. The quantitative estimate of drug-likeness (QED) is 0.939. The number of rotatable bonds is 3. The number of phenols is 1. The van der Waals surface area contributed by atoms with Crippen molar-refractivity contribution in [1.29, 1.82) is 0 Å². The summed E-state index contributed by atoms with van der Waals surface area (Å²) in [5, 5.41) is 9.19. The minimum Gasteiger partial charge on any atom is -0.508 e. The molecule has 0 spiro atoms. The van der Waals surface area contributed by atoms with Gasteiger partial charge in [-0.3, -0.25) is 4.57 Å². The average molecular weight is 297 g/mol. The fraction of sp³-hybridized carbons (Fsp3) is 0.250. The van der Waals surface area contributed by atoms with Crippen molar-refractivity contribution in [1.82, 2.24) is 9.55 Å². The molecule has 0 unspecified atom stereocenters. The molecular weight excluding hydrogens is 284 g/mol. The Balaban J connectivity index is 2.27. The van der Waals surface area contributed by atoms with Gasteiger partial charge >= 0.3 is 6.01 Å². The number of phenolic OH excluding ortho intramolecular Hbond substituents is 1. The van der Waals surface area contributed by atoms with Crippen molar-refractivity contribution in [2.24, 2.45) is 0 Å². The van der Waals surface area contributed by atoms with Crippen molar-refractivity contribution < 1.29 is 9.84 Å². The highest BCUT2D eigenvalue weighted by atomic mass is 79.9. The molecule has 1 heterocycles. The van der Waals surface area contributed by atoms with E-state index in [2.05, 4.69) is 34.8 Å². The fourth-order valence-electron chi connectivity index (χ4n) is 1.49. The van der Waals surface area contributed by atoms with Crippen LogP contribution >= 0.6 is 15.9 Å². The second-order valence-corrected chi connectivity index (χ2v) is 4.74. The summed E-state index contributed by atoms with van der Waals surface area (Å²) >= 11 is 3.42. The lowest BCUT2D eigenvalue weighted by Crippen LogP contribution is -2.03. The number of nitrogens with zero attached hydrogens (tertiary/aromatic N) is 2. The first-order chi connectivity index (χ1) is 8.08. The third-order valence-electron chi connectivity index (χ3n) is 2.28. The molecule has 0 saturated heterocycles. The summed E-state index contributed by atoms with van der Waals surface area (Å²) in [6.07, 6.45) is 1.70. The van der Waals surface area contributed by atoms with E-state index in [9.17, 15) is 5.11 Å². The Kier molecular flexibility index (Phi) is 3.38. The Morgan fingerprint density at radius 1 is 1.29 bits per heavy atom. The van der Waals surface area contributed by atoms with Crippen LogP contribution in [0.1, 0.15) is 19.9 Å². The largest absolute Gasteiger partial charge is 0.508 e. The molecule has 0 fully saturated rings. The molecule has 0 aliphatic heterocycles. The molecule has 1 N–H and O–H groups in total. The van der Waals surface area contributed by atoms with Gasteiger partial charge in [-0.1, -0.05) is 0 Å². The molecule has 5 heteroatoms. The van der Waals surface area contributed by atoms with Crippen LogP contribution in [0.2, 0.25) is 0 Å². The average Bonchev–Trinajstić information content (AvgIpc) is 2.63. The van der Waals surface area contributed by atoms with Gasteiger partial charge in [0.05, 0.1) is 6.20 Å². The van der Waals surface area contributed by atoms with E-state index in [1.165, 1.54) is 0 Å². The minimum atomic E-state index is 0.214. The lowest BCUT2D eigenvalue weighted by atomic mass is 10.3. The molecule has 90 valence electrons. The highest BCUT2D eigenvalue weighted by Crippen LogP contribution is 2.28. The van der Waals surface area contributed by atoms with E-state index in [0.717, 1.165) is 4.60 Å². The number of imidazole rings is 1. The molecule has 17 heavy (non-hydrogen) atoms. The number of ether oxygens (including phenoxy) is 1. The van der Waals surface area contributed by atoms with Crippen LogP contribution in [0.3, 0.4) is 0 Å². The van der Waals surface area contributed by atoms with Crippen LogP contribution in [-0.4, -0.2) is 14.7 Å². The molecule has 1 aromatic heterocycles. The Labute approximate surface area is 108 Å². The first kappa shape index (κ1) is 12.0. The Bertz CT molecular complexity index is 506. The Morgan fingerprint density at radius 2 is 1.94 bits per heavy atom. The second kappa shape index (κ2) is 4.79. The summed E-state index contributed by atoms with van der Waals surface area (Å²) in [5.41, 5.74) is 0. The molecule has 4 nitrogen and oxygen atoms in total. The Hall–Kier alpha value is -1.49. The zero-order chi connectivity index (χ0) is 12.4. The molecule has 0 atom stereocenters. The van der Waals surface area contributed by atoms with Gasteiger partial charge in [-0.05, 0) is 54.0 Å². The summed E-state index contributed by atoms with van der Waals surface area (Å²) in [6.45, 7) is 4.10. The molecule has 0 bridgehead atoms. The van der Waals surface area contributed by atoms with Gasteiger partial charge in [-0.25, -0.2) is 4.98 Å². The van der Waals surface area contributed by atoms with Crippen LogP contribution in [0.25, 0.3) is 0 Å². The molecule has 1 aromatic carbocycles. The van der Waals surface area contributed by atoms with E-state index in [1.807, 2.05) is 4.57 Å². The number of aromatic nitrogens is 2. The van der Waals surface area contributed by atoms with Crippen LogP contribution in [0.15, 0.2) is 35.1 Å². The van der Waals surface area contributed by atoms with Crippen molar-refractivity contribution in [2.45, 2.75) is 19.9 Å². The van der Waals surface area contributed by atoms with Gasteiger partial charge in [0.2, 0.25) is 0 Å². The lowest BCUT2D eigenvalue weighted by Gasteiger charge is -2.13. The third-order valence-corrected chi connectivity index (χ3v) is 2.87. The maximum atomic E-state index is 9.19. The molecule has 0 radical (unpaired) electrons. The third kappa shape index (κ3) is 2.61. The second-order valence-electron chi connectivity index (χ2n) is 3.92. The van der Waals surface area contributed by atoms with Crippen molar-refractivity contribution in [3.8, 4) is 17.5 Å². The van der Waals surface area contributed by atoms with Gasteiger partial charge < -0.3 is 9.84 Å². The van der Waals surface area contributed by atoms with Gasteiger partial charge in [-0.2, -0.15) is 0 Å². The van der Waals surface area contributed by atoms with Crippen molar-refractivity contribution in [2.75, 3.05) is 0 Å². The van der Waals surface area contributed by atoms with Crippen molar-refractivity contribution in [3.05, 3.63) is 35.1 Å². The maximum Gasteiger partial charge on any atom is 0.302 e. The smallest absolute Gasteiger partial charge is 0.302 e. The number of halogens is 1. The first-order valence-corrected chi connectivity index (χ1v) is 6.07. The summed E-state index contributed by atoms with van der Waals surface area (Å²) in [6, 6.07) is 7.32. The maximum absolute atomic E-state index is 9.19. The first-order valence-electron chi connectivity index (χ1n) is 5.27. The summed E-state index contributed by atoms with van der Waals surface area (Å²) in [5.74, 6) is 0.855. The van der Waals surface area contributed by atoms with E-state index in [-0.39, 0.29) is 11.8 Å². The number of hydrogen-bond acceptors (Lipinski definition) is 3. The van der Waals surface area contributed by atoms with E-state index in [0.29, 0.717) is 11.8 Å². The van der Waals surface area contributed by atoms with Crippen LogP contribution in [0.5, 0.6) is 17.5 Å². The van der Waals surface area contributed by atoms with E-state index in [4.69, 9.17) is 4.74 Å². The van der Waals surface area contributed by atoms with Gasteiger partial charge in [0.25, 0.3) is 0 Å². The van der Waals surface area contributed by atoms with Crippen molar-refractivity contribution >= 4 is 15.9 Å². The normalized spacial score (nSPS) is 10.8. The highest BCUT2D eigenvalue weighted by molar-refractivity contribution is 9.10. The van der Waals surface area contributed by atoms with E-state index < -0.39 is 0 Å². The zero-order valence-corrected chi connectivity index (χ0v) is 11.2. The van der Waals surface area contributed by atoms with Gasteiger partial charge in [-0.15, -0.1) is 0 Å². The molecule has 0 amide bonds. The van der Waals surface area contributed by atoms with E-state index >= 15 is 0 Å². The molecule has 0 aliphatic carbocycles. The monoisotopic (exact) mass is 296 g/mol. The van der Waals surface area contributed by atoms with Gasteiger partial charge in [0, 0.05) is 6.04 Å². The van der Waals surface area contributed by atoms with Crippen LogP contribution in [0, 0.1) is 0 Å². The highest BCUT2D eigenvalue weighted by Gasteiger charge is 2.12. The molecule has 0 aliphatic rings. The van der Waals surface area contributed by atoms with Crippen molar-refractivity contribution in [3.63, 3.8) is 0 Å². The minimum absolute atomic E-state index is 0.214. The Morgan fingerprint density at radius 3 is 2.53 bits per heavy atom. The van der Waals surface area contributed by atoms with Crippen LogP contribution in [-0.2, 0) is 0 Å². The number of hydrogen-bond donors (Lipinski definition) is 1. The zero-order valence-electron chi connectivity index (χ0n) is 9.59. The summed E-state index contributed by atoms with van der Waals surface area (Å²) in [4.78, 5) is 4.19. The molecule has 0 saturated carbocycles. The molecule has 2 aromatic rings. The summed E-state index contributed by atoms with van der Waals surface area (Å²) < 4.78 is 8.47. The molecular formula is C12H13BrN2O2. The molecule has 2 rings (SSSR count). The number of aromatic hydroxyl groups is 1. The summed E-state index contributed by atoms with van der Waals surface area (Å²) in [7, 11) is 0. The predicted octanol–water partition coefficient (Wildman–Crippen LogP) is 3.72. The standard InChI is InChI=1S/C12H13BrN2O2/c1-8(2)15-11(13)7-14-12(15)17-10-5-3-9(16)4-6-10/h3-8,16H,1-2H3. The van der Waals surface area contributed by atoms with Crippen LogP contribution < -0.4 is 4.74 Å².